The molecule has 3 heteroatoms. The predicted molar refractivity (Wildman–Crippen MR) is 56.6 cm³/mol. The van der Waals surface area contributed by atoms with E-state index in [0.29, 0.717) is 6.54 Å². The van der Waals surface area contributed by atoms with Crippen LogP contribution in [0.2, 0.25) is 0 Å². The van der Waals surface area contributed by atoms with Gasteiger partial charge in [-0.3, -0.25) is 11.3 Å². The van der Waals surface area contributed by atoms with E-state index in [9.17, 15) is 5.11 Å². The van der Waals surface area contributed by atoms with Crippen molar-refractivity contribution in [1.82, 2.24) is 5.43 Å². The normalized spacial score (nSPS) is 10.6. The van der Waals surface area contributed by atoms with Crippen LogP contribution in [-0.2, 0) is 6.54 Å². The maximum Gasteiger partial charge on any atom is 0.120 e. The van der Waals surface area contributed by atoms with E-state index in [2.05, 4.69) is 5.43 Å². The molecule has 0 radical (unpaired) electrons. The first-order valence-corrected chi connectivity index (χ1v) is 4.45. The molecule has 0 amide bonds. The Bertz CT molecular complexity index is 454. The number of hydrazine groups is 1. The van der Waals surface area contributed by atoms with Crippen LogP contribution in [0.15, 0.2) is 36.4 Å². The van der Waals surface area contributed by atoms with Crippen molar-refractivity contribution in [2.45, 2.75) is 6.54 Å². The van der Waals surface area contributed by atoms with Gasteiger partial charge >= 0.3 is 0 Å². The van der Waals surface area contributed by atoms with Gasteiger partial charge in [-0.1, -0.05) is 24.3 Å². The molecule has 2 rings (SSSR count). The van der Waals surface area contributed by atoms with Crippen LogP contribution in [0.4, 0.5) is 0 Å². The number of nitrogens with one attached hydrogen (secondary N) is 1. The molecule has 0 bridgehead atoms. The first kappa shape index (κ1) is 8.99. The maximum atomic E-state index is 9.64. The summed E-state index contributed by atoms with van der Waals surface area (Å²) in [6.45, 7) is 0.469. The molecule has 4 N–H and O–H groups in total. The zero-order valence-electron chi connectivity index (χ0n) is 7.70. The summed E-state index contributed by atoms with van der Waals surface area (Å²) in [6, 6.07) is 11.6. The molecule has 0 aliphatic carbocycles. The topological polar surface area (TPSA) is 58.3 Å². The van der Waals surface area contributed by atoms with Gasteiger partial charge < -0.3 is 5.11 Å². The minimum absolute atomic E-state index is 0.279. The number of hydrogen-bond donors (Lipinski definition) is 3. The summed E-state index contributed by atoms with van der Waals surface area (Å²) in [5.41, 5.74) is 3.34. The SMILES string of the molecule is NNCc1cc2ccccc2cc1O. The zero-order chi connectivity index (χ0) is 9.97. The standard InChI is InChI=1S/C11H12N2O/c12-13-7-10-5-8-3-1-2-4-9(8)6-11(10)14/h1-6,13-14H,7,12H2. The van der Waals surface area contributed by atoms with E-state index in [0.717, 1.165) is 16.3 Å². The minimum Gasteiger partial charge on any atom is -0.508 e. The fourth-order valence-corrected chi connectivity index (χ4v) is 1.53. The fraction of sp³-hybridized carbons (Fsp3) is 0.0909. The van der Waals surface area contributed by atoms with Crippen LogP contribution < -0.4 is 11.3 Å². The second-order valence-corrected chi connectivity index (χ2v) is 3.21. The number of phenolic OH excluding ortho intramolecular Hbond substituents is 1. The molecule has 0 saturated carbocycles. The molecule has 0 heterocycles. The molecule has 3 nitrogen and oxygen atoms in total. The Kier molecular flexibility index (Phi) is 2.35. The molecule has 0 atom stereocenters. The molecule has 0 aromatic heterocycles. The van der Waals surface area contributed by atoms with Gasteiger partial charge in [0.15, 0.2) is 0 Å². The average molecular weight is 188 g/mol. The number of benzene rings is 2. The summed E-state index contributed by atoms with van der Waals surface area (Å²) in [5, 5.41) is 11.8. The van der Waals surface area contributed by atoms with E-state index < -0.39 is 0 Å². The highest BCUT2D eigenvalue weighted by atomic mass is 16.3. The third-order valence-electron chi connectivity index (χ3n) is 2.24. The van der Waals surface area contributed by atoms with Gasteiger partial charge in [0.05, 0.1) is 0 Å². The van der Waals surface area contributed by atoms with Crippen LogP contribution >= 0.6 is 0 Å². The lowest BCUT2D eigenvalue weighted by atomic mass is 10.1. The van der Waals surface area contributed by atoms with Crippen LogP contribution in [0.3, 0.4) is 0 Å². The van der Waals surface area contributed by atoms with Gasteiger partial charge in [-0.25, -0.2) is 0 Å². The molecule has 0 aliphatic heterocycles. The number of fused-ring (bicyclic) bond motifs is 1. The number of nitrogens with two attached hydrogens (primary N) is 1. The van der Waals surface area contributed by atoms with Gasteiger partial charge in [-0.2, -0.15) is 0 Å². The average Bonchev–Trinajstić information content (AvgIpc) is 2.19. The van der Waals surface area contributed by atoms with Crippen molar-refractivity contribution in [3.8, 4) is 5.75 Å². The largest absolute Gasteiger partial charge is 0.508 e. The number of phenols is 1. The third kappa shape index (κ3) is 1.55. The van der Waals surface area contributed by atoms with Crippen LogP contribution in [0, 0.1) is 0 Å². The highest BCUT2D eigenvalue weighted by Gasteiger charge is 2.01. The maximum absolute atomic E-state index is 9.64. The lowest BCUT2D eigenvalue weighted by molar-refractivity contribution is 0.466. The quantitative estimate of drug-likeness (QED) is 0.494. The first-order valence-electron chi connectivity index (χ1n) is 4.45. The Morgan fingerprint density at radius 1 is 1.14 bits per heavy atom. The molecule has 2 aromatic carbocycles. The van der Waals surface area contributed by atoms with E-state index >= 15 is 0 Å². The Labute approximate surface area is 82.1 Å². The van der Waals surface area contributed by atoms with Crippen molar-refractivity contribution < 1.29 is 5.11 Å². The van der Waals surface area contributed by atoms with Crippen LogP contribution in [0.25, 0.3) is 10.8 Å². The molecule has 0 unspecified atom stereocenters. The Morgan fingerprint density at radius 3 is 2.43 bits per heavy atom. The van der Waals surface area contributed by atoms with Gasteiger partial charge in [-0.05, 0) is 22.9 Å². The van der Waals surface area contributed by atoms with Crippen molar-refractivity contribution in [1.29, 1.82) is 0 Å². The smallest absolute Gasteiger partial charge is 0.120 e. The summed E-state index contributed by atoms with van der Waals surface area (Å²) in [4.78, 5) is 0. The Morgan fingerprint density at radius 2 is 1.79 bits per heavy atom. The molecule has 72 valence electrons. The van der Waals surface area contributed by atoms with Crippen molar-refractivity contribution in [3.05, 3.63) is 42.0 Å². The van der Waals surface area contributed by atoms with Crippen LogP contribution in [0.5, 0.6) is 5.75 Å². The van der Waals surface area contributed by atoms with Crippen molar-refractivity contribution >= 4 is 10.8 Å². The second kappa shape index (κ2) is 3.65. The van der Waals surface area contributed by atoms with E-state index in [4.69, 9.17) is 5.84 Å². The molecule has 2 aromatic rings. The summed E-state index contributed by atoms with van der Waals surface area (Å²) < 4.78 is 0. The molecule has 0 spiro atoms. The highest BCUT2D eigenvalue weighted by molar-refractivity contribution is 5.84. The van der Waals surface area contributed by atoms with Gasteiger partial charge in [-0.15, -0.1) is 0 Å². The Hall–Kier alpha value is -1.58. The van der Waals surface area contributed by atoms with Gasteiger partial charge in [0, 0.05) is 12.1 Å². The monoisotopic (exact) mass is 188 g/mol. The van der Waals surface area contributed by atoms with Gasteiger partial charge in [0.2, 0.25) is 0 Å². The number of aromatic hydroxyl groups is 1. The highest BCUT2D eigenvalue weighted by Crippen LogP contribution is 2.24. The van der Waals surface area contributed by atoms with Crippen molar-refractivity contribution in [2.24, 2.45) is 5.84 Å². The van der Waals surface area contributed by atoms with Crippen LogP contribution in [0.1, 0.15) is 5.56 Å². The summed E-state index contributed by atoms with van der Waals surface area (Å²) in [7, 11) is 0. The van der Waals surface area contributed by atoms with E-state index in [1.165, 1.54) is 0 Å². The summed E-state index contributed by atoms with van der Waals surface area (Å²) >= 11 is 0. The summed E-state index contributed by atoms with van der Waals surface area (Å²) in [6.07, 6.45) is 0. The molecule has 14 heavy (non-hydrogen) atoms. The number of rotatable bonds is 2. The lowest BCUT2D eigenvalue weighted by Crippen LogP contribution is -2.20. The first-order chi connectivity index (χ1) is 6.81. The second-order valence-electron chi connectivity index (χ2n) is 3.21. The molecule has 0 aliphatic rings. The third-order valence-corrected chi connectivity index (χ3v) is 2.24. The minimum atomic E-state index is 0.279. The fourth-order valence-electron chi connectivity index (χ4n) is 1.53. The lowest BCUT2D eigenvalue weighted by Gasteiger charge is -2.05. The molecular weight excluding hydrogens is 176 g/mol. The van der Waals surface area contributed by atoms with Gasteiger partial charge in [0.1, 0.15) is 5.75 Å². The molecule has 0 fully saturated rings. The van der Waals surface area contributed by atoms with E-state index in [1.807, 2.05) is 30.3 Å². The predicted octanol–water partition coefficient (Wildman–Crippen LogP) is 1.51. The van der Waals surface area contributed by atoms with E-state index in [-0.39, 0.29) is 5.75 Å². The van der Waals surface area contributed by atoms with E-state index in [1.54, 1.807) is 6.07 Å². The van der Waals surface area contributed by atoms with Gasteiger partial charge in [0.25, 0.3) is 0 Å². The zero-order valence-corrected chi connectivity index (χ0v) is 7.70. The molecular formula is C11H12N2O. The van der Waals surface area contributed by atoms with Crippen LogP contribution in [-0.4, -0.2) is 5.11 Å². The number of hydrogen-bond acceptors (Lipinski definition) is 3. The van der Waals surface area contributed by atoms with Crippen molar-refractivity contribution in [3.63, 3.8) is 0 Å². The van der Waals surface area contributed by atoms with Crippen molar-refractivity contribution in [2.75, 3.05) is 0 Å². The molecule has 0 saturated heterocycles. The summed E-state index contributed by atoms with van der Waals surface area (Å²) in [5.74, 6) is 5.49. The Balaban J connectivity index is 2.59.